The zero-order chi connectivity index (χ0) is 13.5. The fourth-order valence-electron chi connectivity index (χ4n) is 1.70. The SMILES string of the molecule is CCS(=O)(=O)CCC(CNCC(C)C)C(C)C. The maximum atomic E-state index is 11.5. The van der Waals surface area contributed by atoms with Crippen LogP contribution >= 0.6 is 0 Å². The third kappa shape index (κ3) is 8.61. The van der Waals surface area contributed by atoms with E-state index >= 15 is 0 Å². The lowest BCUT2D eigenvalue weighted by Crippen LogP contribution is -2.30. The lowest BCUT2D eigenvalue weighted by Gasteiger charge is -2.21. The lowest BCUT2D eigenvalue weighted by atomic mass is 9.93. The Hall–Kier alpha value is -0.0900. The van der Waals surface area contributed by atoms with Crippen LogP contribution in [0.1, 0.15) is 41.0 Å². The second kappa shape index (κ2) is 8.09. The van der Waals surface area contributed by atoms with Crippen molar-refractivity contribution < 1.29 is 8.42 Å². The number of nitrogens with one attached hydrogen (secondary N) is 1. The molecule has 0 saturated carbocycles. The Morgan fingerprint density at radius 1 is 1.06 bits per heavy atom. The summed E-state index contributed by atoms with van der Waals surface area (Å²) in [5, 5.41) is 3.43. The van der Waals surface area contributed by atoms with Gasteiger partial charge < -0.3 is 5.32 Å². The Labute approximate surface area is 107 Å². The topological polar surface area (TPSA) is 46.2 Å². The van der Waals surface area contributed by atoms with E-state index in [1.165, 1.54) is 0 Å². The first kappa shape index (κ1) is 16.9. The van der Waals surface area contributed by atoms with Crippen molar-refractivity contribution in [1.82, 2.24) is 5.32 Å². The predicted octanol–water partition coefficient (Wildman–Crippen LogP) is 2.33. The number of hydrogen-bond donors (Lipinski definition) is 1. The van der Waals surface area contributed by atoms with Crippen LogP contribution in [0.15, 0.2) is 0 Å². The van der Waals surface area contributed by atoms with Gasteiger partial charge in [0.05, 0.1) is 5.75 Å². The van der Waals surface area contributed by atoms with Crippen molar-refractivity contribution in [3.8, 4) is 0 Å². The third-order valence-electron chi connectivity index (χ3n) is 3.14. The highest BCUT2D eigenvalue weighted by Gasteiger charge is 2.17. The smallest absolute Gasteiger partial charge is 0.150 e. The lowest BCUT2D eigenvalue weighted by molar-refractivity contribution is 0.345. The summed E-state index contributed by atoms with van der Waals surface area (Å²) in [6.07, 6.45) is 0.777. The summed E-state index contributed by atoms with van der Waals surface area (Å²) < 4.78 is 23.0. The molecule has 4 heteroatoms. The Morgan fingerprint density at radius 3 is 2.06 bits per heavy atom. The van der Waals surface area contributed by atoms with Crippen LogP contribution in [0.25, 0.3) is 0 Å². The average molecular weight is 263 g/mol. The summed E-state index contributed by atoms with van der Waals surface area (Å²) in [6.45, 7) is 12.3. The molecule has 0 fully saturated rings. The van der Waals surface area contributed by atoms with E-state index in [0.717, 1.165) is 19.5 Å². The molecule has 1 atom stereocenters. The van der Waals surface area contributed by atoms with E-state index in [1.54, 1.807) is 6.92 Å². The number of rotatable bonds is 9. The van der Waals surface area contributed by atoms with Crippen molar-refractivity contribution in [2.24, 2.45) is 17.8 Å². The van der Waals surface area contributed by atoms with Crippen LogP contribution in [0.3, 0.4) is 0 Å². The molecule has 0 aromatic heterocycles. The van der Waals surface area contributed by atoms with E-state index in [-0.39, 0.29) is 5.75 Å². The van der Waals surface area contributed by atoms with Gasteiger partial charge >= 0.3 is 0 Å². The van der Waals surface area contributed by atoms with Crippen molar-refractivity contribution >= 4 is 9.84 Å². The van der Waals surface area contributed by atoms with E-state index in [1.807, 2.05) is 0 Å². The zero-order valence-corrected chi connectivity index (χ0v) is 12.8. The molecule has 0 radical (unpaired) electrons. The van der Waals surface area contributed by atoms with E-state index < -0.39 is 9.84 Å². The molecule has 0 aromatic carbocycles. The Bertz CT molecular complexity index is 284. The van der Waals surface area contributed by atoms with Crippen LogP contribution in [0, 0.1) is 17.8 Å². The summed E-state index contributed by atoms with van der Waals surface area (Å²) in [4.78, 5) is 0. The van der Waals surface area contributed by atoms with Crippen LogP contribution in [0.5, 0.6) is 0 Å². The van der Waals surface area contributed by atoms with Crippen LogP contribution in [-0.2, 0) is 9.84 Å². The molecule has 0 saturated heterocycles. The second-order valence-electron chi connectivity index (χ2n) is 5.58. The van der Waals surface area contributed by atoms with Gasteiger partial charge in [-0.25, -0.2) is 8.42 Å². The molecular weight excluding hydrogens is 234 g/mol. The van der Waals surface area contributed by atoms with Gasteiger partial charge in [-0.1, -0.05) is 34.6 Å². The summed E-state index contributed by atoms with van der Waals surface area (Å²) in [7, 11) is -2.82. The Balaban J connectivity index is 4.08. The minimum atomic E-state index is -2.82. The van der Waals surface area contributed by atoms with Crippen molar-refractivity contribution in [2.75, 3.05) is 24.6 Å². The molecule has 0 aromatic rings. The quantitative estimate of drug-likeness (QED) is 0.694. The van der Waals surface area contributed by atoms with E-state index in [4.69, 9.17) is 0 Å². The highest BCUT2D eigenvalue weighted by Crippen LogP contribution is 2.15. The third-order valence-corrected chi connectivity index (χ3v) is 4.88. The maximum absolute atomic E-state index is 11.5. The van der Waals surface area contributed by atoms with E-state index in [0.29, 0.717) is 23.5 Å². The summed E-state index contributed by atoms with van der Waals surface area (Å²) in [5.74, 6) is 2.21. The molecule has 17 heavy (non-hydrogen) atoms. The van der Waals surface area contributed by atoms with Crippen molar-refractivity contribution in [3.63, 3.8) is 0 Å². The Kier molecular flexibility index (Phi) is 8.05. The van der Waals surface area contributed by atoms with Gasteiger partial charge in [0.2, 0.25) is 0 Å². The number of hydrogen-bond acceptors (Lipinski definition) is 3. The normalized spacial score (nSPS) is 14.5. The molecule has 0 bridgehead atoms. The zero-order valence-electron chi connectivity index (χ0n) is 12.0. The van der Waals surface area contributed by atoms with Gasteiger partial charge in [-0.2, -0.15) is 0 Å². The standard InChI is InChI=1S/C13H29NO2S/c1-6-17(15,16)8-7-13(12(4)5)10-14-9-11(2)3/h11-14H,6-10H2,1-5H3. The first-order valence-corrected chi connectivity index (χ1v) is 8.51. The summed E-state index contributed by atoms with van der Waals surface area (Å²) in [5.41, 5.74) is 0. The molecule has 0 spiro atoms. The minimum Gasteiger partial charge on any atom is -0.316 e. The maximum Gasteiger partial charge on any atom is 0.150 e. The largest absolute Gasteiger partial charge is 0.316 e. The minimum absolute atomic E-state index is 0.261. The van der Waals surface area contributed by atoms with Gasteiger partial charge in [0, 0.05) is 5.75 Å². The first-order chi connectivity index (χ1) is 7.78. The predicted molar refractivity (Wildman–Crippen MR) is 75.0 cm³/mol. The fraction of sp³-hybridized carbons (Fsp3) is 1.00. The van der Waals surface area contributed by atoms with Crippen LogP contribution in [0.2, 0.25) is 0 Å². The monoisotopic (exact) mass is 263 g/mol. The summed E-state index contributed by atoms with van der Waals surface area (Å²) >= 11 is 0. The van der Waals surface area contributed by atoms with Crippen LogP contribution in [0.4, 0.5) is 0 Å². The fourth-order valence-corrected chi connectivity index (χ4v) is 2.65. The second-order valence-corrected chi connectivity index (χ2v) is 8.05. The average Bonchev–Trinajstić information content (AvgIpc) is 2.22. The molecule has 104 valence electrons. The van der Waals surface area contributed by atoms with Gasteiger partial charge in [0.1, 0.15) is 9.84 Å². The summed E-state index contributed by atoms with van der Waals surface area (Å²) in [6, 6.07) is 0. The molecular formula is C13H29NO2S. The van der Waals surface area contributed by atoms with Crippen molar-refractivity contribution in [2.45, 2.75) is 41.0 Å². The number of sulfone groups is 1. The van der Waals surface area contributed by atoms with E-state index in [2.05, 4.69) is 33.0 Å². The molecule has 0 amide bonds. The molecule has 0 aliphatic rings. The first-order valence-electron chi connectivity index (χ1n) is 6.69. The van der Waals surface area contributed by atoms with Crippen LogP contribution in [-0.4, -0.2) is 33.0 Å². The van der Waals surface area contributed by atoms with Gasteiger partial charge in [-0.3, -0.25) is 0 Å². The molecule has 0 rings (SSSR count). The highest BCUT2D eigenvalue weighted by molar-refractivity contribution is 7.91. The Morgan fingerprint density at radius 2 is 1.65 bits per heavy atom. The molecule has 1 N–H and O–H groups in total. The molecule has 0 aliphatic carbocycles. The van der Waals surface area contributed by atoms with Gasteiger partial charge in [0.25, 0.3) is 0 Å². The van der Waals surface area contributed by atoms with Gasteiger partial charge in [-0.05, 0) is 37.3 Å². The van der Waals surface area contributed by atoms with E-state index in [9.17, 15) is 8.42 Å². The van der Waals surface area contributed by atoms with Crippen molar-refractivity contribution in [1.29, 1.82) is 0 Å². The van der Waals surface area contributed by atoms with Gasteiger partial charge in [0.15, 0.2) is 0 Å². The van der Waals surface area contributed by atoms with Crippen molar-refractivity contribution in [3.05, 3.63) is 0 Å². The molecule has 1 unspecified atom stereocenters. The van der Waals surface area contributed by atoms with Gasteiger partial charge in [-0.15, -0.1) is 0 Å². The molecule has 3 nitrogen and oxygen atoms in total. The molecule has 0 heterocycles. The molecule has 0 aliphatic heterocycles. The van der Waals surface area contributed by atoms with Crippen LogP contribution < -0.4 is 5.32 Å². The highest BCUT2D eigenvalue weighted by atomic mass is 32.2.